The molecule has 1 aromatic heterocycles. The second-order valence-corrected chi connectivity index (χ2v) is 4.86. The molecule has 0 aliphatic rings. The molecule has 4 nitrogen and oxygen atoms in total. The molecule has 88 valence electrons. The van der Waals surface area contributed by atoms with Crippen LogP contribution in [-0.4, -0.2) is 24.1 Å². The van der Waals surface area contributed by atoms with Crippen LogP contribution in [0.4, 0.5) is 0 Å². The summed E-state index contributed by atoms with van der Waals surface area (Å²) in [5, 5.41) is -0.266. The van der Waals surface area contributed by atoms with Gasteiger partial charge in [0.05, 0.1) is 13.5 Å². The summed E-state index contributed by atoms with van der Waals surface area (Å²) in [4.78, 5) is 4.19. The molecule has 2 radical (unpaired) electrons. The summed E-state index contributed by atoms with van der Waals surface area (Å²) >= 11 is 0. The van der Waals surface area contributed by atoms with Crippen molar-refractivity contribution in [1.82, 2.24) is 9.24 Å². The third-order valence-corrected chi connectivity index (χ3v) is 2.70. The number of hydrogen-bond acceptors (Lipinski definition) is 2. The Morgan fingerprint density at radius 3 is 2.31 bits per heavy atom. The quantitative estimate of drug-likeness (QED) is 0.586. The van der Waals surface area contributed by atoms with Gasteiger partial charge in [-0.25, -0.2) is 4.68 Å². The number of imidazole rings is 1. The lowest BCUT2D eigenvalue weighted by Crippen LogP contribution is -2.31. The highest BCUT2D eigenvalue weighted by atomic mass is 15.4. The Morgan fingerprint density at radius 1 is 1.38 bits per heavy atom. The van der Waals surface area contributed by atoms with Gasteiger partial charge in [-0.05, 0) is 12.8 Å². The Hall–Kier alpha value is -1.13. The van der Waals surface area contributed by atoms with Crippen LogP contribution in [-0.2, 0) is 19.9 Å². The molecule has 1 heterocycles. The van der Waals surface area contributed by atoms with Gasteiger partial charge in [0, 0.05) is 19.8 Å². The van der Waals surface area contributed by atoms with E-state index < -0.39 is 0 Å². The van der Waals surface area contributed by atoms with Gasteiger partial charge in [0.2, 0.25) is 5.62 Å². The van der Waals surface area contributed by atoms with Crippen LogP contribution in [0.1, 0.15) is 32.2 Å². The van der Waals surface area contributed by atoms with E-state index in [4.69, 9.17) is 13.7 Å². The molecule has 0 atom stereocenters. The molecule has 0 aromatic carbocycles. The lowest BCUT2D eigenvalue weighted by atomic mass is 9.69. The molecule has 0 spiro atoms. The molecule has 5 heteroatoms. The summed E-state index contributed by atoms with van der Waals surface area (Å²) in [5.74, 6) is 6.04. The number of rotatable bonds is 3. The van der Waals surface area contributed by atoms with Crippen molar-refractivity contribution in [3.05, 3.63) is 17.0 Å². The SMILES string of the molecule is [B]C(C)(C)Cc1c(CC)n(C)c(=NC)n1N. The molecule has 0 aliphatic carbocycles. The van der Waals surface area contributed by atoms with E-state index >= 15 is 0 Å². The molecular formula is C11H21BN4. The second kappa shape index (κ2) is 4.40. The molecule has 0 saturated heterocycles. The number of nitrogen functional groups attached to an aromatic ring is 1. The number of hydrogen-bond donors (Lipinski definition) is 1. The van der Waals surface area contributed by atoms with Crippen molar-refractivity contribution in [1.29, 1.82) is 0 Å². The minimum Gasteiger partial charge on any atom is -0.336 e. The van der Waals surface area contributed by atoms with Crippen molar-refractivity contribution in [3.63, 3.8) is 0 Å². The van der Waals surface area contributed by atoms with Crippen LogP contribution in [0.25, 0.3) is 0 Å². The van der Waals surface area contributed by atoms with Gasteiger partial charge in [-0.2, -0.15) is 0 Å². The van der Waals surface area contributed by atoms with Crippen molar-refractivity contribution < 1.29 is 0 Å². The Balaban J connectivity index is 3.39. The van der Waals surface area contributed by atoms with E-state index in [1.807, 2.05) is 25.5 Å². The van der Waals surface area contributed by atoms with Crippen molar-refractivity contribution >= 4 is 7.85 Å². The van der Waals surface area contributed by atoms with Crippen LogP contribution in [0.3, 0.4) is 0 Å². The van der Waals surface area contributed by atoms with Crippen LogP contribution in [0.5, 0.6) is 0 Å². The van der Waals surface area contributed by atoms with Gasteiger partial charge in [-0.1, -0.05) is 26.1 Å². The molecule has 1 rings (SSSR count). The molecule has 0 unspecified atom stereocenters. The summed E-state index contributed by atoms with van der Waals surface area (Å²) in [6.45, 7) is 6.12. The zero-order valence-corrected chi connectivity index (χ0v) is 10.9. The summed E-state index contributed by atoms with van der Waals surface area (Å²) in [6.07, 6.45) is 1.67. The monoisotopic (exact) mass is 220 g/mol. The van der Waals surface area contributed by atoms with Crippen LogP contribution in [0.15, 0.2) is 4.99 Å². The fraction of sp³-hybridized carbons (Fsp3) is 0.727. The predicted octanol–water partition coefficient (Wildman–Crippen LogP) is 0.543. The first-order valence-corrected chi connectivity index (χ1v) is 5.58. The van der Waals surface area contributed by atoms with E-state index in [0.29, 0.717) is 0 Å². The zero-order valence-electron chi connectivity index (χ0n) is 10.9. The fourth-order valence-corrected chi connectivity index (χ4v) is 2.05. The largest absolute Gasteiger partial charge is 0.336 e. The maximum Gasteiger partial charge on any atom is 0.223 e. The van der Waals surface area contributed by atoms with Gasteiger partial charge >= 0.3 is 0 Å². The highest BCUT2D eigenvalue weighted by Crippen LogP contribution is 2.25. The smallest absolute Gasteiger partial charge is 0.223 e. The summed E-state index contributed by atoms with van der Waals surface area (Å²) in [5.41, 5.74) is 3.04. The molecule has 16 heavy (non-hydrogen) atoms. The summed E-state index contributed by atoms with van der Waals surface area (Å²) in [6, 6.07) is 0. The van der Waals surface area contributed by atoms with E-state index in [2.05, 4.69) is 11.9 Å². The van der Waals surface area contributed by atoms with Crippen LogP contribution >= 0.6 is 0 Å². The number of nitrogens with two attached hydrogens (primary N) is 1. The highest BCUT2D eigenvalue weighted by Gasteiger charge is 2.19. The normalized spacial score (nSPS) is 13.4. The third kappa shape index (κ3) is 2.34. The molecule has 0 amide bonds. The molecule has 0 bridgehead atoms. The van der Waals surface area contributed by atoms with E-state index in [1.54, 1.807) is 11.7 Å². The third-order valence-electron chi connectivity index (χ3n) is 2.70. The van der Waals surface area contributed by atoms with Gasteiger partial charge in [-0.15, -0.1) is 0 Å². The molecule has 0 saturated carbocycles. The van der Waals surface area contributed by atoms with Crippen molar-refractivity contribution in [2.75, 3.05) is 12.9 Å². The van der Waals surface area contributed by atoms with Gasteiger partial charge in [0.25, 0.3) is 0 Å². The first-order valence-electron chi connectivity index (χ1n) is 5.58. The number of nitrogens with zero attached hydrogens (tertiary/aromatic N) is 3. The van der Waals surface area contributed by atoms with Gasteiger partial charge in [0.1, 0.15) is 0 Å². The van der Waals surface area contributed by atoms with Crippen LogP contribution in [0, 0.1) is 0 Å². The maximum absolute atomic E-state index is 6.05. The first-order chi connectivity index (χ1) is 7.31. The zero-order chi connectivity index (χ0) is 12.5. The standard InChI is InChI=1S/C11H21BN4/c1-6-8-9(7-11(2,3)12)16(13)10(14-4)15(8)5/h6-7,13H2,1-5H3. The predicted molar refractivity (Wildman–Crippen MR) is 67.9 cm³/mol. The molecular weight excluding hydrogens is 199 g/mol. The minimum atomic E-state index is -0.266. The Labute approximate surface area is 98.6 Å². The average Bonchev–Trinajstić information content (AvgIpc) is 2.36. The topological polar surface area (TPSA) is 48.2 Å². The van der Waals surface area contributed by atoms with Crippen molar-refractivity contribution in [2.45, 2.75) is 38.9 Å². The van der Waals surface area contributed by atoms with Crippen molar-refractivity contribution in [3.8, 4) is 0 Å². The van der Waals surface area contributed by atoms with E-state index in [-0.39, 0.29) is 5.31 Å². The Morgan fingerprint density at radius 2 is 1.94 bits per heavy atom. The van der Waals surface area contributed by atoms with Crippen LogP contribution < -0.4 is 11.5 Å². The van der Waals surface area contributed by atoms with Crippen molar-refractivity contribution in [2.24, 2.45) is 12.0 Å². The van der Waals surface area contributed by atoms with Gasteiger partial charge in [0.15, 0.2) is 0 Å². The lowest BCUT2D eigenvalue weighted by molar-refractivity contribution is 0.638. The van der Waals surface area contributed by atoms with E-state index in [1.165, 1.54) is 5.69 Å². The fourth-order valence-electron chi connectivity index (χ4n) is 2.05. The van der Waals surface area contributed by atoms with E-state index in [0.717, 1.165) is 24.2 Å². The Bertz CT molecular complexity index is 434. The average molecular weight is 220 g/mol. The summed E-state index contributed by atoms with van der Waals surface area (Å²) < 4.78 is 3.68. The molecule has 0 aliphatic heterocycles. The van der Waals surface area contributed by atoms with E-state index in [9.17, 15) is 0 Å². The highest BCUT2D eigenvalue weighted by molar-refractivity contribution is 6.14. The van der Waals surface area contributed by atoms with Crippen LogP contribution in [0.2, 0.25) is 5.31 Å². The minimum absolute atomic E-state index is 0.266. The lowest BCUT2D eigenvalue weighted by Gasteiger charge is -2.19. The summed E-state index contributed by atoms with van der Waals surface area (Å²) in [7, 11) is 9.78. The molecule has 2 N–H and O–H groups in total. The number of aromatic nitrogens is 2. The first kappa shape index (κ1) is 12.9. The molecule has 1 aromatic rings. The second-order valence-electron chi connectivity index (χ2n) is 4.86. The molecule has 0 fully saturated rings. The Kier molecular flexibility index (Phi) is 3.56. The maximum atomic E-state index is 6.05. The van der Waals surface area contributed by atoms with Gasteiger partial charge < -0.3 is 10.4 Å². The van der Waals surface area contributed by atoms with Gasteiger partial charge in [-0.3, -0.25) is 4.99 Å².